The monoisotopic (exact) mass is 384 g/mol. The van der Waals surface area contributed by atoms with Crippen LogP contribution in [0.4, 0.5) is 0 Å². The minimum absolute atomic E-state index is 0.00405. The number of aliphatic hydroxyl groups is 1. The molecule has 0 fully saturated rings. The standard InChI is InChI=1S/C23H20N4O2/c24-19(14-28)17-11-12-18(20(29)13-17)23-26-21(15-7-3-1-4-8-15)25-22(27-23)16-9-5-2-6-10-16/h1-13,19,28-29H,14,24H2. The zero-order chi connectivity index (χ0) is 20.2. The Kier molecular flexibility index (Phi) is 5.29. The highest BCUT2D eigenvalue weighted by atomic mass is 16.3. The summed E-state index contributed by atoms with van der Waals surface area (Å²) in [6.45, 7) is -0.207. The Morgan fingerprint density at radius 2 is 1.24 bits per heavy atom. The third-order valence-corrected chi connectivity index (χ3v) is 4.59. The molecule has 0 spiro atoms. The molecule has 0 saturated heterocycles. The van der Waals surface area contributed by atoms with Crippen molar-refractivity contribution in [1.82, 2.24) is 15.0 Å². The summed E-state index contributed by atoms with van der Waals surface area (Å²) >= 11 is 0. The first kappa shape index (κ1) is 18.7. The molecule has 0 aliphatic rings. The maximum Gasteiger partial charge on any atom is 0.167 e. The van der Waals surface area contributed by atoms with Crippen molar-refractivity contribution in [2.24, 2.45) is 5.73 Å². The molecule has 0 amide bonds. The van der Waals surface area contributed by atoms with E-state index in [1.807, 2.05) is 60.7 Å². The Labute approximate surface area is 168 Å². The number of aromatic nitrogens is 3. The zero-order valence-electron chi connectivity index (χ0n) is 15.6. The first-order valence-electron chi connectivity index (χ1n) is 9.22. The van der Waals surface area contributed by atoms with E-state index in [-0.39, 0.29) is 12.4 Å². The van der Waals surface area contributed by atoms with Crippen LogP contribution in [0.25, 0.3) is 34.2 Å². The predicted molar refractivity (Wildman–Crippen MR) is 112 cm³/mol. The molecule has 0 saturated carbocycles. The summed E-state index contributed by atoms with van der Waals surface area (Å²) in [7, 11) is 0. The van der Waals surface area contributed by atoms with Gasteiger partial charge in [0, 0.05) is 11.1 Å². The average Bonchev–Trinajstić information content (AvgIpc) is 2.79. The second-order valence-corrected chi connectivity index (χ2v) is 6.60. The number of phenolic OH excluding ortho intramolecular Hbond substituents is 1. The molecule has 4 aromatic rings. The summed E-state index contributed by atoms with van der Waals surface area (Å²) in [6, 6.07) is 23.7. The number of nitrogens with zero attached hydrogens (tertiary/aromatic N) is 3. The SMILES string of the molecule is NC(CO)c1ccc(-c2nc(-c3ccccc3)nc(-c3ccccc3)n2)c(O)c1. The van der Waals surface area contributed by atoms with Crippen LogP contribution < -0.4 is 5.73 Å². The van der Waals surface area contributed by atoms with Gasteiger partial charge in [-0.2, -0.15) is 0 Å². The maximum atomic E-state index is 10.6. The van der Waals surface area contributed by atoms with E-state index < -0.39 is 6.04 Å². The molecule has 3 aromatic carbocycles. The van der Waals surface area contributed by atoms with E-state index in [2.05, 4.69) is 15.0 Å². The summed E-state index contributed by atoms with van der Waals surface area (Å²) in [4.78, 5) is 13.8. The van der Waals surface area contributed by atoms with Crippen molar-refractivity contribution < 1.29 is 10.2 Å². The molecule has 1 heterocycles. The maximum absolute atomic E-state index is 10.6. The lowest BCUT2D eigenvalue weighted by molar-refractivity contribution is 0.268. The molecule has 144 valence electrons. The van der Waals surface area contributed by atoms with Gasteiger partial charge in [-0.15, -0.1) is 0 Å². The summed E-state index contributed by atoms with van der Waals surface area (Å²) in [5.74, 6) is 1.39. The molecular formula is C23H20N4O2. The van der Waals surface area contributed by atoms with Crippen molar-refractivity contribution >= 4 is 0 Å². The highest BCUT2D eigenvalue weighted by Gasteiger charge is 2.16. The van der Waals surface area contributed by atoms with Gasteiger partial charge in [-0.25, -0.2) is 15.0 Å². The molecule has 1 aromatic heterocycles. The molecule has 1 unspecified atom stereocenters. The van der Waals surface area contributed by atoms with Gasteiger partial charge in [0.15, 0.2) is 17.5 Å². The van der Waals surface area contributed by atoms with E-state index in [0.717, 1.165) is 11.1 Å². The van der Waals surface area contributed by atoms with Gasteiger partial charge in [-0.05, 0) is 17.7 Å². The van der Waals surface area contributed by atoms with E-state index in [1.54, 1.807) is 12.1 Å². The molecule has 6 heteroatoms. The van der Waals surface area contributed by atoms with Gasteiger partial charge in [0.05, 0.1) is 18.2 Å². The topological polar surface area (TPSA) is 105 Å². The number of aromatic hydroxyl groups is 1. The fourth-order valence-corrected chi connectivity index (χ4v) is 3.00. The average molecular weight is 384 g/mol. The van der Waals surface area contributed by atoms with Gasteiger partial charge < -0.3 is 15.9 Å². The van der Waals surface area contributed by atoms with Crippen molar-refractivity contribution in [3.63, 3.8) is 0 Å². The molecule has 4 rings (SSSR count). The van der Waals surface area contributed by atoms with Gasteiger partial charge in [-0.3, -0.25) is 0 Å². The Hall–Kier alpha value is -3.61. The van der Waals surface area contributed by atoms with Crippen LogP contribution in [0.2, 0.25) is 0 Å². The first-order valence-corrected chi connectivity index (χ1v) is 9.22. The normalized spacial score (nSPS) is 11.9. The molecule has 0 aliphatic heterocycles. The quantitative estimate of drug-likeness (QED) is 0.486. The Morgan fingerprint density at radius 1 is 0.724 bits per heavy atom. The number of hydrogen-bond donors (Lipinski definition) is 3. The van der Waals surface area contributed by atoms with Gasteiger partial charge >= 0.3 is 0 Å². The third-order valence-electron chi connectivity index (χ3n) is 4.59. The number of benzene rings is 3. The van der Waals surface area contributed by atoms with E-state index in [4.69, 9.17) is 5.73 Å². The highest BCUT2D eigenvalue weighted by Crippen LogP contribution is 2.31. The third kappa shape index (κ3) is 3.99. The lowest BCUT2D eigenvalue weighted by atomic mass is 10.0. The first-order chi connectivity index (χ1) is 14.2. The lowest BCUT2D eigenvalue weighted by Crippen LogP contribution is -2.14. The van der Waals surface area contributed by atoms with Crippen molar-refractivity contribution in [1.29, 1.82) is 0 Å². The number of aliphatic hydroxyl groups excluding tert-OH is 1. The van der Waals surface area contributed by atoms with Gasteiger partial charge in [0.1, 0.15) is 5.75 Å². The molecule has 6 nitrogen and oxygen atoms in total. The van der Waals surface area contributed by atoms with E-state index in [1.165, 1.54) is 6.07 Å². The number of hydrogen-bond acceptors (Lipinski definition) is 6. The van der Waals surface area contributed by atoms with Crippen LogP contribution in [0, 0.1) is 0 Å². The summed E-state index contributed by atoms with van der Waals surface area (Å²) in [5, 5.41) is 19.8. The lowest BCUT2D eigenvalue weighted by Gasteiger charge is -2.12. The van der Waals surface area contributed by atoms with Gasteiger partial charge in [0.25, 0.3) is 0 Å². The number of rotatable bonds is 5. The second-order valence-electron chi connectivity index (χ2n) is 6.60. The van der Waals surface area contributed by atoms with Crippen LogP contribution in [0.15, 0.2) is 78.9 Å². The van der Waals surface area contributed by atoms with Crippen LogP contribution in [-0.4, -0.2) is 31.8 Å². The molecule has 29 heavy (non-hydrogen) atoms. The van der Waals surface area contributed by atoms with Crippen molar-refractivity contribution in [3.05, 3.63) is 84.4 Å². The fraction of sp³-hybridized carbons (Fsp3) is 0.0870. The molecule has 0 radical (unpaired) electrons. The van der Waals surface area contributed by atoms with E-state index in [9.17, 15) is 10.2 Å². The van der Waals surface area contributed by atoms with Crippen molar-refractivity contribution in [3.8, 4) is 39.9 Å². The van der Waals surface area contributed by atoms with E-state index in [0.29, 0.717) is 28.6 Å². The van der Waals surface area contributed by atoms with E-state index >= 15 is 0 Å². The van der Waals surface area contributed by atoms with Gasteiger partial charge in [-0.1, -0.05) is 66.7 Å². The summed E-state index contributed by atoms with van der Waals surface area (Å²) < 4.78 is 0. The largest absolute Gasteiger partial charge is 0.507 e. The summed E-state index contributed by atoms with van der Waals surface area (Å²) in [6.07, 6.45) is 0. The fourth-order valence-electron chi connectivity index (χ4n) is 3.00. The molecular weight excluding hydrogens is 364 g/mol. The van der Waals surface area contributed by atoms with Crippen LogP contribution in [0.5, 0.6) is 5.75 Å². The smallest absolute Gasteiger partial charge is 0.167 e. The van der Waals surface area contributed by atoms with Crippen LogP contribution in [-0.2, 0) is 0 Å². The number of phenols is 1. The molecule has 0 bridgehead atoms. The van der Waals surface area contributed by atoms with Crippen molar-refractivity contribution in [2.75, 3.05) is 6.61 Å². The van der Waals surface area contributed by atoms with Gasteiger partial charge in [0.2, 0.25) is 0 Å². The second kappa shape index (κ2) is 8.18. The Balaban J connectivity index is 1.87. The predicted octanol–water partition coefficient (Wildman–Crippen LogP) is 3.57. The molecule has 0 aliphatic carbocycles. The Bertz CT molecular complexity index is 1060. The minimum Gasteiger partial charge on any atom is -0.507 e. The Morgan fingerprint density at radius 3 is 1.72 bits per heavy atom. The molecule has 1 atom stereocenters. The minimum atomic E-state index is -0.562. The van der Waals surface area contributed by atoms with Crippen LogP contribution in [0.1, 0.15) is 11.6 Å². The number of nitrogens with two attached hydrogens (primary N) is 1. The molecule has 4 N–H and O–H groups in total. The van der Waals surface area contributed by atoms with Crippen molar-refractivity contribution in [2.45, 2.75) is 6.04 Å². The zero-order valence-corrected chi connectivity index (χ0v) is 15.6. The highest BCUT2D eigenvalue weighted by molar-refractivity contribution is 5.70. The van der Waals surface area contributed by atoms with Crippen LogP contribution in [0.3, 0.4) is 0 Å². The summed E-state index contributed by atoms with van der Waals surface area (Å²) in [5.41, 5.74) is 8.66. The van der Waals surface area contributed by atoms with Crippen LogP contribution >= 0.6 is 0 Å².